The summed E-state index contributed by atoms with van der Waals surface area (Å²) in [6.45, 7) is 8.24. The molecule has 2 N–H and O–H groups in total. The van der Waals surface area contributed by atoms with Crippen LogP contribution < -0.4 is 5.73 Å². The lowest BCUT2D eigenvalue weighted by Crippen LogP contribution is -2.58. The van der Waals surface area contributed by atoms with Crippen LogP contribution in [0.15, 0.2) is 0 Å². The first-order valence-corrected chi connectivity index (χ1v) is 6.64. The molecule has 0 aromatic heterocycles. The molecule has 3 nitrogen and oxygen atoms in total. The van der Waals surface area contributed by atoms with Crippen molar-refractivity contribution in [1.82, 2.24) is 0 Å². The van der Waals surface area contributed by atoms with Crippen LogP contribution in [0, 0.1) is 5.92 Å². The Labute approximate surface area is 99.7 Å². The van der Waals surface area contributed by atoms with Crippen molar-refractivity contribution in [3.8, 4) is 0 Å². The lowest BCUT2D eigenvalue weighted by atomic mass is 9.86. The predicted octanol–water partition coefficient (Wildman–Crippen LogP) is 2.33. The molecular weight excluding hydrogens is 202 g/mol. The lowest BCUT2D eigenvalue weighted by Gasteiger charge is -2.41. The molecule has 0 bridgehead atoms. The second-order valence-corrected chi connectivity index (χ2v) is 5.18. The van der Waals surface area contributed by atoms with Crippen molar-refractivity contribution in [1.29, 1.82) is 0 Å². The second kappa shape index (κ2) is 7.25. The van der Waals surface area contributed by atoms with Crippen molar-refractivity contribution in [2.75, 3.05) is 13.2 Å². The van der Waals surface area contributed by atoms with Crippen molar-refractivity contribution in [3.63, 3.8) is 0 Å². The average Bonchev–Trinajstić information content (AvgIpc) is 2.22. The van der Waals surface area contributed by atoms with Gasteiger partial charge in [0.2, 0.25) is 0 Å². The zero-order valence-electron chi connectivity index (χ0n) is 10.9. The summed E-state index contributed by atoms with van der Waals surface area (Å²) in [6.07, 6.45) is 4.76. The van der Waals surface area contributed by atoms with Crippen LogP contribution >= 0.6 is 0 Å². The number of rotatable bonds is 8. The Hall–Kier alpha value is -0.120. The molecule has 0 aromatic rings. The van der Waals surface area contributed by atoms with Crippen molar-refractivity contribution in [3.05, 3.63) is 0 Å². The fourth-order valence-electron chi connectivity index (χ4n) is 1.99. The minimum absolute atomic E-state index is 0.138. The van der Waals surface area contributed by atoms with Crippen molar-refractivity contribution < 1.29 is 9.47 Å². The van der Waals surface area contributed by atoms with Gasteiger partial charge in [-0.05, 0) is 31.6 Å². The number of ether oxygens (including phenoxy) is 2. The summed E-state index contributed by atoms with van der Waals surface area (Å²) in [4.78, 5) is 0. The summed E-state index contributed by atoms with van der Waals surface area (Å²) in [5.41, 5.74) is 5.90. The van der Waals surface area contributed by atoms with Crippen LogP contribution in [0.25, 0.3) is 0 Å². The molecule has 1 saturated carbocycles. The molecule has 1 fully saturated rings. The van der Waals surface area contributed by atoms with Crippen molar-refractivity contribution in [2.24, 2.45) is 11.7 Å². The van der Waals surface area contributed by atoms with Gasteiger partial charge in [0.25, 0.3) is 0 Å². The molecule has 3 unspecified atom stereocenters. The van der Waals surface area contributed by atoms with Gasteiger partial charge >= 0.3 is 0 Å². The Morgan fingerprint density at radius 1 is 1.25 bits per heavy atom. The molecule has 96 valence electrons. The topological polar surface area (TPSA) is 44.5 Å². The molecule has 0 heterocycles. The third-order valence-electron chi connectivity index (χ3n) is 3.07. The zero-order chi connectivity index (χ0) is 12.0. The third-order valence-corrected chi connectivity index (χ3v) is 3.07. The van der Waals surface area contributed by atoms with Crippen LogP contribution in [0.2, 0.25) is 0 Å². The van der Waals surface area contributed by atoms with E-state index in [9.17, 15) is 0 Å². The summed E-state index contributed by atoms with van der Waals surface area (Å²) in [7, 11) is 0. The smallest absolute Gasteiger partial charge is 0.0988 e. The minimum atomic E-state index is 0.138. The molecule has 1 aliphatic carbocycles. The van der Waals surface area contributed by atoms with Gasteiger partial charge in [0, 0.05) is 19.3 Å². The predicted molar refractivity (Wildman–Crippen MR) is 66.4 cm³/mol. The van der Waals surface area contributed by atoms with Gasteiger partial charge in [0.05, 0.1) is 12.2 Å². The zero-order valence-corrected chi connectivity index (χ0v) is 10.9. The Balaban J connectivity index is 2.08. The van der Waals surface area contributed by atoms with Crippen molar-refractivity contribution >= 4 is 0 Å². The molecule has 3 heteroatoms. The maximum absolute atomic E-state index is 5.90. The average molecular weight is 229 g/mol. The number of hydrogen-bond donors (Lipinski definition) is 1. The van der Waals surface area contributed by atoms with E-state index in [1.165, 1.54) is 6.42 Å². The third kappa shape index (κ3) is 4.40. The van der Waals surface area contributed by atoms with E-state index in [0.29, 0.717) is 0 Å². The number of hydrogen-bond acceptors (Lipinski definition) is 3. The summed E-state index contributed by atoms with van der Waals surface area (Å²) < 4.78 is 11.5. The van der Waals surface area contributed by atoms with Gasteiger partial charge in [-0.1, -0.05) is 20.8 Å². The van der Waals surface area contributed by atoms with E-state index in [0.717, 1.165) is 38.4 Å². The van der Waals surface area contributed by atoms with E-state index in [1.807, 2.05) is 0 Å². The fraction of sp³-hybridized carbons (Fsp3) is 1.00. The summed E-state index contributed by atoms with van der Waals surface area (Å²) in [5, 5.41) is 0. The molecule has 0 saturated heterocycles. The molecule has 0 aromatic carbocycles. The van der Waals surface area contributed by atoms with Gasteiger partial charge < -0.3 is 15.2 Å². The van der Waals surface area contributed by atoms with Crippen LogP contribution in [0.3, 0.4) is 0 Å². The van der Waals surface area contributed by atoms with E-state index in [4.69, 9.17) is 15.2 Å². The molecule has 3 atom stereocenters. The largest absolute Gasteiger partial charge is 0.375 e. The van der Waals surface area contributed by atoms with Gasteiger partial charge in [-0.15, -0.1) is 0 Å². The quantitative estimate of drug-likeness (QED) is 0.650. The van der Waals surface area contributed by atoms with Gasteiger partial charge in [-0.25, -0.2) is 0 Å². The minimum Gasteiger partial charge on any atom is -0.375 e. The van der Waals surface area contributed by atoms with Gasteiger partial charge in [-0.3, -0.25) is 0 Å². The molecule has 0 radical (unpaired) electrons. The summed E-state index contributed by atoms with van der Waals surface area (Å²) in [5.74, 6) is 0.763. The van der Waals surface area contributed by atoms with Gasteiger partial charge in [0.15, 0.2) is 0 Å². The first kappa shape index (κ1) is 13.9. The van der Waals surface area contributed by atoms with E-state index in [1.54, 1.807) is 0 Å². The van der Waals surface area contributed by atoms with E-state index in [-0.39, 0.29) is 18.2 Å². The highest BCUT2D eigenvalue weighted by atomic mass is 16.5. The molecular formula is C13H27NO2. The van der Waals surface area contributed by atoms with E-state index < -0.39 is 0 Å². The lowest BCUT2D eigenvalue weighted by molar-refractivity contribution is -0.140. The summed E-state index contributed by atoms with van der Waals surface area (Å²) in [6, 6.07) is 0.182. The van der Waals surface area contributed by atoms with E-state index in [2.05, 4.69) is 20.8 Å². The standard InChI is InChI=1S/C13H27NO2/c1-4-7-16-13-11(14)9-12(13)15-8-5-6-10(2)3/h10-13H,4-9,14H2,1-3H3. The monoisotopic (exact) mass is 229 g/mol. The van der Waals surface area contributed by atoms with Gasteiger partial charge in [-0.2, -0.15) is 0 Å². The van der Waals surface area contributed by atoms with Crippen LogP contribution in [-0.4, -0.2) is 31.5 Å². The van der Waals surface area contributed by atoms with E-state index >= 15 is 0 Å². The normalized spacial score (nSPS) is 29.4. The Morgan fingerprint density at radius 3 is 2.56 bits per heavy atom. The molecule has 1 aliphatic rings. The van der Waals surface area contributed by atoms with Crippen LogP contribution in [0.5, 0.6) is 0 Å². The molecule has 0 spiro atoms. The Bertz CT molecular complexity index is 185. The summed E-state index contributed by atoms with van der Waals surface area (Å²) >= 11 is 0. The molecule has 16 heavy (non-hydrogen) atoms. The SMILES string of the molecule is CCCOC1C(N)CC1OCCCC(C)C. The molecule has 1 rings (SSSR count). The fourth-order valence-corrected chi connectivity index (χ4v) is 1.99. The maximum atomic E-state index is 5.90. The maximum Gasteiger partial charge on any atom is 0.0988 e. The molecule has 0 aliphatic heterocycles. The highest BCUT2D eigenvalue weighted by Crippen LogP contribution is 2.26. The van der Waals surface area contributed by atoms with Crippen LogP contribution in [-0.2, 0) is 9.47 Å². The second-order valence-electron chi connectivity index (χ2n) is 5.18. The Kier molecular flexibility index (Phi) is 6.32. The first-order valence-electron chi connectivity index (χ1n) is 6.64. The van der Waals surface area contributed by atoms with Crippen LogP contribution in [0.1, 0.15) is 46.5 Å². The highest BCUT2D eigenvalue weighted by Gasteiger charge is 2.40. The highest BCUT2D eigenvalue weighted by molar-refractivity contribution is 4.95. The van der Waals surface area contributed by atoms with Gasteiger partial charge in [0.1, 0.15) is 0 Å². The van der Waals surface area contributed by atoms with Crippen LogP contribution in [0.4, 0.5) is 0 Å². The number of nitrogens with two attached hydrogens (primary N) is 1. The van der Waals surface area contributed by atoms with Crippen molar-refractivity contribution in [2.45, 2.75) is 64.7 Å². The molecule has 0 amide bonds. The first-order chi connectivity index (χ1) is 7.65. The Morgan fingerprint density at radius 2 is 2.00 bits per heavy atom.